The number of nitrogens with one attached hydrogen (secondary N) is 2. The molecule has 0 atom stereocenters. The normalized spacial score (nSPS) is 10.9. The largest absolute Gasteiger partial charge is 0.186 e. The maximum Gasteiger partial charge on any atom is 0.186 e. The predicted molar refractivity (Wildman–Crippen MR) is 44.1 cm³/mol. The summed E-state index contributed by atoms with van der Waals surface area (Å²) in [4.78, 5) is 0. The Hall–Kier alpha value is -1.51. The molecule has 2 heterocycles. The van der Waals surface area contributed by atoms with Gasteiger partial charge in [0.1, 0.15) is 0 Å². The molecule has 2 N–H and O–H groups in total. The van der Waals surface area contributed by atoms with E-state index in [1.54, 1.807) is 0 Å². The molecule has 0 amide bonds. The lowest BCUT2D eigenvalue weighted by Crippen LogP contribution is -2.07. The second-order valence-electron chi connectivity index (χ2n) is 2.28. The minimum absolute atomic E-state index is 0.180. The first-order valence-corrected chi connectivity index (χ1v) is 4.12. The molecule has 0 aliphatic heterocycles. The summed E-state index contributed by atoms with van der Waals surface area (Å²) in [6, 6.07) is 0. The van der Waals surface area contributed by atoms with E-state index in [1.165, 1.54) is 0 Å². The van der Waals surface area contributed by atoms with Crippen molar-refractivity contribution in [1.82, 2.24) is 41.2 Å². The molecule has 8 nitrogen and oxygen atoms in total. The van der Waals surface area contributed by atoms with Gasteiger partial charge in [0.25, 0.3) is 0 Å². The summed E-state index contributed by atoms with van der Waals surface area (Å²) in [7, 11) is 0. The molecule has 2 aromatic heterocycles. The summed E-state index contributed by atoms with van der Waals surface area (Å²) in [6.07, 6.45) is 0. The van der Waals surface area contributed by atoms with Crippen molar-refractivity contribution in [2.24, 2.45) is 0 Å². The maximum atomic E-state index is 4.15. The SMILES string of the molecule is SCC(c1nn[nH]n1)c1nn[nH]n1. The van der Waals surface area contributed by atoms with Crippen LogP contribution in [0.1, 0.15) is 17.6 Å². The van der Waals surface area contributed by atoms with Crippen LogP contribution in [-0.2, 0) is 0 Å². The van der Waals surface area contributed by atoms with Gasteiger partial charge in [-0.2, -0.15) is 23.1 Å². The van der Waals surface area contributed by atoms with Crippen molar-refractivity contribution < 1.29 is 0 Å². The van der Waals surface area contributed by atoms with Crippen LogP contribution >= 0.6 is 12.6 Å². The third-order valence-corrected chi connectivity index (χ3v) is 1.89. The minimum Gasteiger partial charge on any atom is -0.178 e. The predicted octanol–water partition coefficient (Wildman–Crippen LogP) is -1.23. The number of aromatic amines is 2. The highest BCUT2D eigenvalue weighted by Gasteiger charge is 2.20. The van der Waals surface area contributed by atoms with Crippen LogP contribution in [0.25, 0.3) is 0 Å². The van der Waals surface area contributed by atoms with Crippen molar-refractivity contribution in [2.45, 2.75) is 5.92 Å². The first kappa shape index (κ1) is 8.10. The summed E-state index contributed by atoms with van der Waals surface area (Å²) in [5.74, 6) is 1.34. The third kappa shape index (κ3) is 1.49. The molecule has 0 saturated carbocycles. The lowest BCUT2D eigenvalue weighted by Gasteiger charge is -2.02. The zero-order chi connectivity index (χ0) is 9.10. The van der Waals surface area contributed by atoms with Crippen LogP contribution in [0.5, 0.6) is 0 Å². The molecule has 0 aromatic carbocycles. The number of nitrogens with zero attached hydrogens (tertiary/aromatic N) is 6. The molecule has 13 heavy (non-hydrogen) atoms. The first-order valence-electron chi connectivity index (χ1n) is 3.49. The first-order chi connectivity index (χ1) is 6.42. The second-order valence-corrected chi connectivity index (χ2v) is 2.64. The molecule has 2 aromatic rings. The van der Waals surface area contributed by atoms with E-state index in [0.717, 1.165) is 0 Å². The Labute approximate surface area is 77.9 Å². The number of hydrogen-bond donors (Lipinski definition) is 3. The Balaban J connectivity index is 2.29. The van der Waals surface area contributed by atoms with Gasteiger partial charge in [0.05, 0.1) is 5.92 Å². The monoisotopic (exact) mass is 198 g/mol. The third-order valence-electron chi connectivity index (χ3n) is 1.53. The highest BCUT2D eigenvalue weighted by atomic mass is 32.1. The number of H-pyrrole nitrogens is 2. The number of tetrazole rings is 2. The van der Waals surface area contributed by atoms with E-state index >= 15 is 0 Å². The van der Waals surface area contributed by atoms with Gasteiger partial charge in [-0.3, -0.25) is 0 Å². The summed E-state index contributed by atoms with van der Waals surface area (Å²) >= 11 is 4.15. The molecule has 9 heteroatoms. The summed E-state index contributed by atoms with van der Waals surface area (Å²) in [6.45, 7) is 0. The highest BCUT2D eigenvalue weighted by molar-refractivity contribution is 7.80. The smallest absolute Gasteiger partial charge is 0.178 e. The van der Waals surface area contributed by atoms with Gasteiger partial charge >= 0.3 is 0 Å². The van der Waals surface area contributed by atoms with Gasteiger partial charge in [-0.25, -0.2) is 0 Å². The van der Waals surface area contributed by atoms with E-state index in [1.807, 2.05) is 0 Å². The summed E-state index contributed by atoms with van der Waals surface area (Å²) < 4.78 is 0. The van der Waals surface area contributed by atoms with Gasteiger partial charge in [-0.15, -0.1) is 20.4 Å². The highest BCUT2D eigenvalue weighted by Crippen LogP contribution is 2.16. The fourth-order valence-electron chi connectivity index (χ4n) is 0.913. The van der Waals surface area contributed by atoms with Gasteiger partial charge in [0.15, 0.2) is 11.6 Å². The van der Waals surface area contributed by atoms with Crippen molar-refractivity contribution in [2.75, 3.05) is 5.75 Å². The second kappa shape index (κ2) is 3.47. The topological polar surface area (TPSA) is 109 Å². The number of thiol groups is 1. The van der Waals surface area contributed by atoms with Gasteiger partial charge in [-0.05, 0) is 0 Å². The van der Waals surface area contributed by atoms with E-state index < -0.39 is 0 Å². The van der Waals surface area contributed by atoms with E-state index in [4.69, 9.17) is 0 Å². The standard InChI is InChI=1S/C4H6N8S/c13-1-2(3-5-9-10-6-3)4-7-11-12-8-4/h2,13H,1H2,(H,5,6,9,10)(H,7,8,11,12). The molecule has 0 unspecified atom stereocenters. The molecular formula is C4H6N8S. The van der Waals surface area contributed by atoms with Crippen LogP contribution in [0.2, 0.25) is 0 Å². The maximum absolute atomic E-state index is 4.15. The molecule has 0 spiro atoms. The van der Waals surface area contributed by atoms with Crippen LogP contribution in [-0.4, -0.2) is 47.0 Å². The van der Waals surface area contributed by atoms with Crippen molar-refractivity contribution in [3.8, 4) is 0 Å². The molecule has 2 rings (SSSR count). The van der Waals surface area contributed by atoms with E-state index in [9.17, 15) is 0 Å². The fraction of sp³-hybridized carbons (Fsp3) is 0.500. The summed E-state index contributed by atoms with van der Waals surface area (Å²) in [5, 5.41) is 26.9. The molecule has 0 bridgehead atoms. The van der Waals surface area contributed by atoms with E-state index in [-0.39, 0.29) is 5.92 Å². The van der Waals surface area contributed by atoms with Crippen molar-refractivity contribution in [3.63, 3.8) is 0 Å². The van der Waals surface area contributed by atoms with Gasteiger partial charge < -0.3 is 0 Å². The van der Waals surface area contributed by atoms with Crippen molar-refractivity contribution in [3.05, 3.63) is 11.6 Å². The molecular weight excluding hydrogens is 192 g/mol. The Kier molecular flexibility index (Phi) is 2.17. The Morgan fingerprint density at radius 2 is 1.62 bits per heavy atom. The quantitative estimate of drug-likeness (QED) is 0.533. The Morgan fingerprint density at radius 3 is 1.92 bits per heavy atom. The number of hydrogen-bond acceptors (Lipinski definition) is 7. The van der Waals surface area contributed by atoms with Crippen LogP contribution in [0, 0.1) is 0 Å². The zero-order valence-corrected chi connectivity index (χ0v) is 7.31. The molecule has 0 saturated heterocycles. The van der Waals surface area contributed by atoms with Crippen molar-refractivity contribution in [1.29, 1.82) is 0 Å². The molecule has 0 radical (unpaired) electrons. The van der Waals surface area contributed by atoms with Gasteiger partial charge in [0.2, 0.25) is 0 Å². The van der Waals surface area contributed by atoms with E-state index in [2.05, 4.69) is 53.9 Å². The average molecular weight is 198 g/mol. The average Bonchev–Trinajstić information content (AvgIpc) is 2.76. The Bertz CT molecular complexity index is 306. The van der Waals surface area contributed by atoms with Crippen LogP contribution in [0.4, 0.5) is 0 Å². The van der Waals surface area contributed by atoms with Crippen LogP contribution in [0.15, 0.2) is 0 Å². The molecule has 68 valence electrons. The molecule has 0 aliphatic carbocycles. The summed E-state index contributed by atoms with van der Waals surface area (Å²) in [5.41, 5.74) is 0. The molecule has 0 aliphatic rings. The fourth-order valence-corrected chi connectivity index (χ4v) is 1.24. The van der Waals surface area contributed by atoms with E-state index in [0.29, 0.717) is 17.4 Å². The van der Waals surface area contributed by atoms with Gasteiger partial charge in [0, 0.05) is 5.75 Å². The van der Waals surface area contributed by atoms with Gasteiger partial charge in [-0.1, -0.05) is 10.4 Å². The van der Waals surface area contributed by atoms with Crippen LogP contribution in [0.3, 0.4) is 0 Å². The van der Waals surface area contributed by atoms with Crippen molar-refractivity contribution >= 4 is 12.6 Å². The van der Waals surface area contributed by atoms with Crippen LogP contribution < -0.4 is 0 Å². The number of aromatic nitrogens is 8. The lowest BCUT2D eigenvalue weighted by atomic mass is 10.1. The zero-order valence-electron chi connectivity index (χ0n) is 6.41. The number of rotatable bonds is 3. The lowest BCUT2D eigenvalue weighted by molar-refractivity contribution is 0.768. The minimum atomic E-state index is -0.180. The Morgan fingerprint density at radius 1 is 1.08 bits per heavy atom. The molecule has 0 fully saturated rings.